The van der Waals surface area contributed by atoms with Crippen molar-refractivity contribution in [1.82, 2.24) is 30.2 Å². The predicted molar refractivity (Wildman–Crippen MR) is 257 cm³/mol. The SMILES string of the molecule is CCC1CC(=O)N(CCCCCC(=O)N(C)[C@H](C(=O)N[C@H](C(=O)N(C)[C@@H]([C@@H](C)CC)[C@@H](CC(=O)N2CCC[C@H]2[C@H](OC)[C@@H](C)C(=O)N[C@H](C)[C@@H](O)c2ccccc2)OC)C(C)C)C(C)C)C1=O. The standard InChI is InChI=1S/C51H84N6O10/c1-14-33(7)45(39(66-12)30-42(60)56-28-22-25-38(56)47(67-13)34(8)48(62)52-35(9)46(61)37-23-18-16-19-24-37)55(11)51(65)43(31(3)4)53-49(63)44(32(5)6)54(10)40(58)26-20-17-21-27-57-41(59)29-36(15-2)50(57)64/h16,18-19,23-24,31-36,38-39,43-47,61H,14-15,17,20-22,25-30H2,1-13H3,(H,52,62)(H,53,63)/t33-,34+,35+,36?,38-,39+,43-,44-,45-,46+,47+/m0/s1. The number of likely N-dealkylation sites (N-methyl/N-ethyl adjacent to an activating group) is 2. The van der Waals surface area contributed by atoms with Crippen molar-refractivity contribution in [3.8, 4) is 0 Å². The lowest BCUT2D eigenvalue weighted by molar-refractivity contribution is -0.148. The Labute approximate surface area is 400 Å². The predicted octanol–water partition coefficient (Wildman–Crippen LogP) is 5.11. The first kappa shape index (κ1) is 56.9. The Balaban J connectivity index is 1.69. The molecule has 2 aliphatic rings. The first-order valence-corrected chi connectivity index (χ1v) is 24.7. The molecule has 378 valence electrons. The van der Waals surface area contributed by atoms with Crippen molar-refractivity contribution in [3.63, 3.8) is 0 Å². The number of ether oxygens (including phenoxy) is 2. The van der Waals surface area contributed by atoms with Crippen LogP contribution in [0.25, 0.3) is 0 Å². The van der Waals surface area contributed by atoms with Gasteiger partial charge in [0.05, 0.1) is 48.8 Å². The second kappa shape index (κ2) is 27.0. The van der Waals surface area contributed by atoms with Crippen LogP contribution in [0.15, 0.2) is 30.3 Å². The number of unbranched alkanes of at least 4 members (excludes halogenated alkanes) is 2. The van der Waals surface area contributed by atoms with Crippen molar-refractivity contribution in [2.24, 2.45) is 29.6 Å². The minimum atomic E-state index is -0.945. The van der Waals surface area contributed by atoms with Crippen LogP contribution in [-0.2, 0) is 43.0 Å². The molecule has 2 fully saturated rings. The van der Waals surface area contributed by atoms with Gasteiger partial charge in [0.25, 0.3) is 0 Å². The highest BCUT2D eigenvalue weighted by Crippen LogP contribution is 2.30. The smallest absolute Gasteiger partial charge is 0.245 e. The number of aliphatic hydroxyl groups is 1. The highest BCUT2D eigenvalue weighted by molar-refractivity contribution is 6.03. The van der Waals surface area contributed by atoms with Gasteiger partial charge in [0, 0.05) is 60.2 Å². The van der Waals surface area contributed by atoms with Gasteiger partial charge in [0.15, 0.2) is 0 Å². The van der Waals surface area contributed by atoms with E-state index >= 15 is 0 Å². The Hall–Kier alpha value is -4.41. The molecule has 0 saturated carbocycles. The highest BCUT2D eigenvalue weighted by atomic mass is 16.5. The number of methoxy groups -OCH3 is 2. The van der Waals surface area contributed by atoms with Crippen LogP contribution in [0.1, 0.15) is 138 Å². The van der Waals surface area contributed by atoms with Crippen LogP contribution in [-0.4, -0.2) is 150 Å². The van der Waals surface area contributed by atoms with Crippen molar-refractivity contribution < 1.29 is 48.1 Å². The molecule has 0 spiro atoms. The van der Waals surface area contributed by atoms with E-state index < -0.39 is 60.3 Å². The monoisotopic (exact) mass is 941 g/mol. The normalized spacial score (nSPS) is 20.5. The number of hydrogen-bond donors (Lipinski definition) is 3. The fourth-order valence-corrected chi connectivity index (χ4v) is 9.94. The fraction of sp³-hybridized carbons (Fsp3) is 0.745. The summed E-state index contributed by atoms with van der Waals surface area (Å²) in [5.41, 5.74) is 0.690. The first-order chi connectivity index (χ1) is 31.7. The van der Waals surface area contributed by atoms with Crippen LogP contribution in [0.4, 0.5) is 0 Å². The molecule has 0 bridgehead atoms. The van der Waals surface area contributed by atoms with Gasteiger partial charge in [-0.05, 0) is 62.3 Å². The Bertz CT molecular complexity index is 1800. The minimum absolute atomic E-state index is 0.0359. The molecule has 16 nitrogen and oxygen atoms in total. The first-order valence-electron chi connectivity index (χ1n) is 24.7. The molecule has 2 heterocycles. The van der Waals surface area contributed by atoms with Crippen molar-refractivity contribution in [2.45, 2.75) is 175 Å². The Morgan fingerprint density at radius 2 is 1.51 bits per heavy atom. The van der Waals surface area contributed by atoms with Gasteiger partial charge in [-0.15, -0.1) is 0 Å². The molecular formula is C51H84N6O10. The van der Waals surface area contributed by atoms with Crippen LogP contribution in [0.3, 0.4) is 0 Å². The van der Waals surface area contributed by atoms with Crippen molar-refractivity contribution in [2.75, 3.05) is 41.4 Å². The average Bonchev–Trinajstić information content (AvgIpc) is 3.90. The zero-order valence-corrected chi connectivity index (χ0v) is 42.8. The van der Waals surface area contributed by atoms with E-state index in [9.17, 15) is 38.7 Å². The zero-order chi connectivity index (χ0) is 50.3. The third-order valence-corrected chi connectivity index (χ3v) is 14.3. The molecule has 67 heavy (non-hydrogen) atoms. The van der Waals surface area contributed by atoms with E-state index in [1.165, 1.54) is 24.0 Å². The number of aliphatic hydroxyl groups excluding tert-OH is 1. The number of amides is 7. The molecule has 2 aliphatic heterocycles. The largest absolute Gasteiger partial charge is 0.386 e. The summed E-state index contributed by atoms with van der Waals surface area (Å²) in [6.07, 6.45) is 2.60. The van der Waals surface area contributed by atoms with E-state index in [-0.39, 0.29) is 78.4 Å². The van der Waals surface area contributed by atoms with Gasteiger partial charge < -0.3 is 39.9 Å². The molecule has 11 atom stereocenters. The van der Waals surface area contributed by atoms with Crippen LogP contribution >= 0.6 is 0 Å². The number of nitrogens with zero attached hydrogens (tertiary/aromatic N) is 4. The number of likely N-dealkylation sites (tertiary alicyclic amines) is 2. The Morgan fingerprint density at radius 3 is 2.06 bits per heavy atom. The number of rotatable bonds is 27. The van der Waals surface area contributed by atoms with Gasteiger partial charge in [-0.2, -0.15) is 0 Å². The molecular weight excluding hydrogens is 857 g/mol. The maximum atomic E-state index is 14.6. The molecule has 7 amide bonds. The molecule has 16 heteroatoms. The third kappa shape index (κ3) is 14.8. The van der Waals surface area contributed by atoms with Crippen molar-refractivity contribution in [3.05, 3.63) is 35.9 Å². The summed E-state index contributed by atoms with van der Waals surface area (Å²) in [7, 11) is 6.35. The van der Waals surface area contributed by atoms with E-state index in [4.69, 9.17) is 9.47 Å². The number of benzene rings is 1. The van der Waals surface area contributed by atoms with E-state index in [0.29, 0.717) is 57.2 Å². The lowest BCUT2D eigenvalue weighted by atomic mass is 9.89. The molecule has 0 radical (unpaired) electrons. The summed E-state index contributed by atoms with van der Waals surface area (Å²) in [6, 6.07) is 5.82. The maximum absolute atomic E-state index is 14.6. The zero-order valence-electron chi connectivity index (χ0n) is 42.8. The molecule has 0 aliphatic carbocycles. The summed E-state index contributed by atoms with van der Waals surface area (Å²) >= 11 is 0. The van der Waals surface area contributed by atoms with E-state index in [1.54, 1.807) is 49.9 Å². The van der Waals surface area contributed by atoms with Crippen molar-refractivity contribution in [1.29, 1.82) is 0 Å². The van der Waals surface area contributed by atoms with Gasteiger partial charge in [0.2, 0.25) is 41.4 Å². The summed E-state index contributed by atoms with van der Waals surface area (Å²) in [6.45, 7) is 17.7. The van der Waals surface area contributed by atoms with Crippen LogP contribution in [0, 0.1) is 29.6 Å². The number of nitrogens with one attached hydrogen (secondary N) is 2. The maximum Gasteiger partial charge on any atom is 0.245 e. The summed E-state index contributed by atoms with van der Waals surface area (Å²) in [4.78, 5) is 101. The molecule has 1 aromatic rings. The van der Waals surface area contributed by atoms with E-state index in [2.05, 4.69) is 10.6 Å². The molecule has 0 aromatic heterocycles. The average molecular weight is 941 g/mol. The van der Waals surface area contributed by atoms with Crippen LogP contribution in [0.5, 0.6) is 0 Å². The van der Waals surface area contributed by atoms with Gasteiger partial charge in [-0.3, -0.25) is 38.5 Å². The second-order valence-electron chi connectivity index (χ2n) is 19.7. The third-order valence-electron chi connectivity index (χ3n) is 14.3. The van der Waals surface area contributed by atoms with Gasteiger partial charge in [-0.1, -0.05) is 98.6 Å². The number of hydrogen-bond acceptors (Lipinski definition) is 10. The summed E-state index contributed by atoms with van der Waals surface area (Å²) in [5, 5.41) is 16.8. The number of carbonyl (C=O) groups is 7. The minimum Gasteiger partial charge on any atom is -0.386 e. The fourth-order valence-electron chi connectivity index (χ4n) is 9.94. The van der Waals surface area contributed by atoms with Gasteiger partial charge in [-0.25, -0.2) is 0 Å². The quantitative estimate of drug-likeness (QED) is 0.0788. The van der Waals surface area contributed by atoms with Crippen LogP contribution in [0.2, 0.25) is 0 Å². The number of imide groups is 1. The Kier molecular flexibility index (Phi) is 22.9. The highest BCUT2D eigenvalue weighted by Gasteiger charge is 2.44. The molecule has 2 saturated heterocycles. The second-order valence-corrected chi connectivity index (χ2v) is 19.7. The summed E-state index contributed by atoms with van der Waals surface area (Å²) < 4.78 is 12.0. The van der Waals surface area contributed by atoms with E-state index in [0.717, 1.165) is 6.42 Å². The molecule has 1 unspecified atom stereocenters. The topological polar surface area (TPSA) is 195 Å². The number of carbonyl (C=O) groups excluding carboxylic acids is 7. The lowest BCUT2D eigenvalue weighted by Gasteiger charge is -2.41. The van der Waals surface area contributed by atoms with Gasteiger partial charge >= 0.3 is 0 Å². The lowest BCUT2D eigenvalue weighted by Crippen LogP contribution is -2.60. The van der Waals surface area contributed by atoms with E-state index in [1.807, 2.05) is 66.7 Å². The van der Waals surface area contributed by atoms with Gasteiger partial charge in [0.1, 0.15) is 12.1 Å². The van der Waals surface area contributed by atoms with Crippen LogP contribution < -0.4 is 10.6 Å². The molecule has 1 aromatic carbocycles. The molecule has 3 rings (SSSR count). The Morgan fingerprint density at radius 1 is 0.851 bits per heavy atom. The molecule has 3 N–H and O–H groups in total. The summed E-state index contributed by atoms with van der Waals surface area (Å²) in [5.74, 6) is -3.34. The van der Waals surface area contributed by atoms with Crippen molar-refractivity contribution >= 4 is 41.4 Å².